The Labute approximate surface area is 149 Å². The molecule has 0 aliphatic carbocycles. The molecule has 5 heteroatoms. The van der Waals surface area contributed by atoms with Crippen LogP contribution >= 0.6 is 0 Å². The lowest BCUT2D eigenvalue weighted by atomic mass is 9.94. The number of piperidine rings is 1. The van der Waals surface area contributed by atoms with Gasteiger partial charge in [-0.3, -0.25) is 4.79 Å². The molecule has 1 aromatic rings. The van der Waals surface area contributed by atoms with Crippen molar-refractivity contribution in [1.82, 2.24) is 4.90 Å². The van der Waals surface area contributed by atoms with Crippen molar-refractivity contribution in [1.29, 1.82) is 0 Å². The molecule has 3 rings (SSSR count). The number of anilines is 1. The first-order chi connectivity index (χ1) is 11.8. The Kier molecular flexibility index (Phi) is 5.02. The summed E-state index contributed by atoms with van der Waals surface area (Å²) in [6, 6.07) is 8.14. The summed E-state index contributed by atoms with van der Waals surface area (Å²) < 4.78 is 5.47. The Balaban J connectivity index is 1.70. The minimum atomic E-state index is -0.514. The first-order valence-corrected chi connectivity index (χ1v) is 9.22. The summed E-state index contributed by atoms with van der Waals surface area (Å²) in [7, 11) is 0. The summed E-state index contributed by atoms with van der Waals surface area (Å²) in [6.45, 7) is 7.47. The number of ether oxygens (including phenoxy) is 1. The third kappa shape index (κ3) is 4.14. The van der Waals surface area contributed by atoms with Crippen molar-refractivity contribution >= 4 is 17.7 Å². The molecule has 1 aromatic carbocycles. The van der Waals surface area contributed by atoms with Gasteiger partial charge in [-0.1, -0.05) is 18.2 Å². The molecule has 0 spiro atoms. The van der Waals surface area contributed by atoms with Gasteiger partial charge in [-0.25, -0.2) is 4.79 Å². The van der Waals surface area contributed by atoms with Crippen molar-refractivity contribution in [2.24, 2.45) is 5.92 Å². The van der Waals surface area contributed by atoms with Gasteiger partial charge in [0.1, 0.15) is 5.60 Å². The lowest BCUT2D eigenvalue weighted by Crippen LogP contribution is -2.49. The monoisotopic (exact) mass is 344 g/mol. The van der Waals surface area contributed by atoms with E-state index in [0.717, 1.165) is 37.9 Å². The quantitative estimate of drug-likeness (QED) is 0.782. The average Bonchev–Trinajstić information content (AvgIpc) is 2.59. The predicted molar refractivity (Wildman–Crippen MR) is 97.6 cm³/mol. The van der Waals surface area contributed by atoms with Crippen molar-refractivity contribution in [3.8, 4) is 0 Å². The molecule has 0 N–H and O–H groups in total. The SMILES string of the molecule is CC(C)(C)OC(=O)N1CCCC(C(=O)N2CCCc3ccccc32)C1. The minimum Gasteiger partial charge on any atom is -0.444 e. The zero-order chi connectivity index (χ0) is 18.0. The normalized spacial score (nSPS) is 20.8. The van der Waals surface area contributed by atoms with E-state index in [1.54, 1.807) is 4.90 Å². The Hall–Kier alpha value is -2.04. The lowest BCUT2D eigenvalue weighted by molar-refractivity contribution is -0.124. The Morgan fingerprint density at radius 1 is 1.12 bits per heavy atom. The molecular formula is C20H28N2O3. The molecule has 2 amide bonds. The van der Waals surface area contributed by atoms with Gasteiger partial charge in [-0.15, -0.1) is 0 Å². The first-order valence-electron chi connectivity index (χ1n) is 9.22. The van der Waals surface area contributed by atoms with Crippen LogP contribution in [-0.2, 0) is 16.0 Å². The van der Waals surface area contributed by atoms with Gasteiger partial charge >= 0.3 is 6.09 Å². The summed E-state index contributed by atoms with van der Waals surface area (Å²) in [6.07, 6.45) is 3.37. The van der Waals surface area contributed by atoms with Gasteiger partial charge in [0, 0.05) is 25.3 Å². The van der Waals surface area contributed by atoms with Crippen LogP contribution in [0.15, 0.2) is 24.3 Å². The molecule has 1 unspecified atom stereocenters. The van der Waals surface area contributed by atoms with Crippen LogP contribution in [0.1, 0.15) is 45.6 Å². The zero-order valence-corrected chi connectivity index (χ0v) is 15.5. The van der Waals surface area contributed by atoms with Crippen LogP contribution in [0, 0.1) is 5.92 Å². The van der Waals surface area contributed by atoms with Crippen LogP contribution in [0.2, 0.25) is 0 Å². The number of para-hydroxylation sites is 1. The van der Waals surface area contributed by atoms with Crippen LogP contribution in [0.25, 0.3) is 0 Å². The van der Waals surface area contributed by atoms with E-state index in [4.69, 9.17) is 4.74 Å². The number of hydrogen-bond donors (Lipinski definition) is 0. The van der Waals surface area contributed by atoms with E-state index in [-0.39, 0.29) is 17.9 Å². The molecule has 0 bridgehead atoms. The van der Waals surface area contributed by atoms with Gasteiger partial charge in [-0.2, -0.15) is 0 Å². The fourth-order valence-corrected chi connectivity index (χ4v) is 3.65. The van der Waals surface area contributed by atoms with E-state index in [1.165, 1.54) is 5.56 Å². The lowest BCUT2D eigenvalue weighted by Gasteiger charge is -2.37. The van der Waals surface area contributed by atoms with Gasteiger partial charge in [0.15, 0.2) is 0 Å². The molecule has 1 fully saturated rings. The maximum absolute atomic E-state index is 13.1. The molecule has 0 saturated carbocycles. The van der Waals surface area contributed by atoms with Crippen molar-refractivity contribution in [2.75, 3.05) is 24.5 Å². The fraction of sp³-hybridized carbons (Fsp3) is 0.600. The van der Waals surface area contributed by atoms with E-state index in [0.29, 0.717) is 13.1 Å². The number of aryl methyl sites for hydroxylation is 1. The van der Waals surface area contributed by atoms with Gasteiger partial charge in [0.25, 0.3) is 0 Å². The van der Waals surface area contributed by atoms with Crippen molar-refractivity contribution in [2.45, 2.75) is 52.1 Å². The highest BCUT2D eigenvalue weighted by Crippen LogP contribution is 2.30. The maximum Gasteiger partial charge on any atom is 0.410 e. The molecule has 0 aromatic heterocycles. The number of hydrogen-bond acceptors (Lipinski definition) is 3. The van der Waals surface area contributed by atoms with E-state index in [9.17, 15) is 9.59 Å². The van der Waals surface area contributed by atoms with Gasteiger partial charge in [0.05, 0.1) is 5.92 Å². The number of rotatable bonds is 1. The molecule has 2 heterocycles. The second-order valence-electron chi connectivity index (χ2n) is 7.99. The van der Waals surface area contributed by atoms with Gasteiger partial charge in [-0.05, 0) is 58.1 Å². The molecular weight excluding hydrogens is 316 g/mol. The standard InChI is InChI=1S/C20H28N2O3/c1-20(2,3)25-19(24)21-12-6-10-16(14-21)18(23)22-13-7-9-15-8-4-5-11-17(15)22/h4-5,8,11,16H,6-7,9-10,12-14H2,1-3H3. The number of likely N-dealkylation sites (tertiary alicyclic amines) is 1. The Bertz CT molecular complexity index is 651. The summed E-state index contributed by atoms with van der Waals surface area (Å²) in [5, 5.41) is 0. The molecule has 0 radical (unpaired) electrons. The van der Waals surface area contributed by atoms with Crippen LogP contribution < -0.4 is 4.90 Å². The number of carbonyl (C=O) groups excluding carboxylic acids is 2. The van der Waals surface area contributed by atoms with Crippen LogP contribution in [0.4, 0.5) is 10.5 Å². The number of nitrogens with zero attached hydrogens (tertiary/aromatic N) is 2. The number of carbonyl (C=O) groups is 2. The molecule has 136 valence electrons. The van der Waals surface area contributed by atoms with Crippen molar-refractivity contribution < 1.29 is 14.3 Å². The first kappa shape index (κ1) is 17.8. The Morgan fingerprint density at radius 2 is 1.88 bits per heavy atom. The second-order valence-corrected chi connectivity index (χ2v) is 7.99. The van der Waals surface area contributed by atoms with Crippen molar-refractivity contribution in [3.63, 3.8) is 0 Å². The minimum absolute atomic E-state index is 0.139. The molecule has 5 nitrogen and oxygen atoms in total. The highest BCUT2D eigenvalue weighted by molar-refractivity contribution is 5.96. The second kappa shape index (κ2) is 7.06. The largest absolute Gasteiger partial charge is 0.444 e. The van der Waals surface area contributed by atoms with Gasteiger partial charge in [0.2, 0.25) is 5.91 Å². The molecule has 25 heavy (non-hydrogen) atoms. The smallest absolute Gasteiger partial charge is 0.410 e. The van der Waals surface area contributed by atoms with Gasteiger partial charge < -0.3 is 14.5 Å². The summed E-state index contributed by atoms with van der Waals surface area (Å²) in [5.74, 6) is -0.00664. The third-order valence-corrected chi connectivity index (χ3v) is 4.80. The highest BCUT2D eigenvalue weighted by atomic mass is 16.6. The number of benzene rings is 1. The van der Waals surface area contributed by atoms with E-state index in [1.807, 2.05) is 43.9 Å². The maximum atomic E-state index is 13.1. The molecule has 1 atom stereocenters. The highest BCUT2D eigenvalue weighted by Gasteiger charge is 2.34. The van der Waals surface area contributed by atoms with E-state index >= 15 is 0 Å². The van der Waals surface area contributed by atoms with Crippen LogP contribution in [0.5, 0.6) is 0 Å². The van der Waals surface area contributed by atoms with E-state index < -0.39 is 5.60 Å². The molecule has 2 aliphatic rings. The molecule has 1 saturated heterocycles. The topological polar surface area (TPSA) is 49.9 Å². The fourth-order valence-electron chi connectivity index (χ4n) is 3.65. The summed E-state index contributed by atoms with van der Waals surface area (Å²) in [5.41, 5.74) is 1.76. The summed E-state index contributed by atoms with van der Waals surface area (Å²) in [4.78, 5) is 29.1. The molecule has 2 aliphatic heterocycles. The number of fused-ring (bicyclic) bond motifs is 1. The van der Waals surface area contributed by atoms with Crippen LogP contribution in [0.3, 0.4) is 0 Å². The van der Waals surface area contributed by atoms with Crippen LogP contribution in [-0.4, -0.2) is 42.1 Å². The average molecular weight is 344 g/mol. The summed E-state index contributed by atoms with van der Waals surface area (Å²) >= 11 is 0. The Morgan fingerprint density at radius 3 is 2.64 bits per heavy atom. The zero-order valence-electron chi connectivity index (χ0n) is 15.5. The predicted octanol–water partition coefficient (Wildman–Crippen LogP) is 3.61. The third-order valence-electron chi connectivity index (χ3n) is 4.80. The van der Waals surface area contributed by atoms with Crippen molar-refractivity contribution in [3.05, 3.63) is 29.8 Å². The number of amides is 2. The van der Waals surface area contributed by atoms with E-state index in [2.05, 4.69) is 6.07 Å².